The van der Waals surface area contributed by atoms with Crippen LogP contribution in [0.2, 0.25) is 0 Å². The van der Waals surface area contributed by atoms with Crippen LogP contribution in [0.4, 0.5) is 0 Å². The maximum Gasteiger partial charge on any atom is 0.155 e. The SMILES string of the molecule is Cc1cc(Br)c(C(O)C(C)(C)S(C)(=O)=O)cc1Br. The third-order valence-electron chi connectivity index (χ3n) is 3.19. The second-order valence-electron chi connectivity index (χ2n) is 4.90. The summed E-state index contributed by atoms with van der Waals surface area (Å²) in [6, 6.07) is 3.60. The van der Waals surface area contributed by atoms with Crippen LogP contribution < -0.4 is 0 Å². The normalized spacial score (nSPS) is 14.6. The van der Waals surface area contributed by atoms with Gasteiger partial charge in [-0.25, -0.2) is 8.42 Å². The summed E-state index contributed by atoms with van der Waals surface area (Å²) >= 11 is 6.75. The predicted octanol–water partition coefficient (Wildman–Crippen LogP) is 3.38. The lowest BCUT2D eigenvalue weighted by Gasteiger charge is -2.29. The topological polar surface area (TPSA) is 54.4 Å². The number of sulfone groups is 1. The summed E-state index contributed by atoms with van der Waals surface area (Å²) in [4.78, 5) is 0. The number of aryl methyl sites for hydroxylation is 1. The number of hydrogen-bond donors (Lipinski definition) is 1. The fourth-order valence-corrected chi connectivity index (χ4v) is 3.02. The fourth-order valence-electron chi connectivity index (χ4n) is 1.45. The quantitative estimate of drug-likeness (QED) is 0.847. The Kier molecular flexibility index (Phi) is 4.69. The summed E-state index contributed by atoms with van der Waals surface area (Å²) in [6.45, 7) is 4.97. The maximum absolute atomic E-state index is 11.7. The molecule has 0 radical (unpaired) electrons. The molecule has 0 aromatic heterocycles. The Hall–Kier alpha value is 0.0900. The molecule has 0 aliphatic heterocycles. The highest BCUT2D eigenvalue weighted by Gasteiger charge is 2.39. The van der Waals surface area contributed by atoms with Crippen molar-refractivity contribution < 1.29 is 13.5 Å². The van der Waals surface area contributed by atoms with E-state index in [1.54, 1.807) is 6.07 Å². The molecular formula is C12H16Br2O3S. The molecule has 1 aromatic rings. The first kappa shape index (κ1) is 16.1. The summed E-state index contributed by atoms with van der Waals surface area (Å²) in [6.07, 6.45) is 0.0339. The van der Waals surface area contributed by atoms with E-state index in [4.69, 9.17) is 0 Å². The van der Waals surface area contributed by atoms with Gasteiger partial charge < -0.3 is 5.11 Å². The molecule has 0 spiro atoms. The third-order valence-corrected chi connectivity index (χ3v) is 6.86. The van der Waals surface area contributed by atoms with Crippen molar-refractivity contribution in [2.75, 3.05) is 6.26 Å². The van der Waals surface area contributed by atoms with Gasteiger partial charge in [0.25, 0.3) is 0 Å². The molecule has 1 aromatic carbocycles. The first-order chi connectivity index (χ1) is 7.98. The van der Waals surface area contributed by atoms with Crippen molar-refractivity contribution >= 4 is 41.7 Å². The Bertz CT molecular complexity index is 565. The van der Waals surface area contributed by atoms with E-state index in [9.17, 15) is 13.5 Å². The second-order valence-corrected chi connectivity index (χ2v) is 9.21. The summed E-state index contributed by atoms with van der Waals surface area (Å²) in [5.74, 6) is 0. The molecule has 18 heavy (non-hydrogen) atoms. The zero-order valence-corrected chi connectivity index (χ0v) is 14.6. The van der Waals surface area contributed by atoms with Crippen LogP contribution in [0, 0.1) is 6.92 Å². The van der Waals surface area contributed by atoms with Crippen LogP contribution in [0.5, 0.6) is 0 Å². The van der Waals surface area contributed by atoms with E-state index >= 15 is 0 Å². The second kappa shape index (κ2) is 5.23. The Morgan fingerprint density at radius 1 is 1.22 bits per heavy atom. The molecule has 0 saturated heterocycles. The number of hydrogen-bond acceptors (Lipinski definition) is 3. The zero-order chi connectivity index (χ0) is 14.3. The van der Waals surface area contributed by atoms with Crippen LogP contribution in [-0.4, -0.2) is 24.5 Å². The van der Waals surface area contributed by atoms with Crippen LogP contribution in [0.25, 0.3) is 0 Å². The predicted molar refractivity (Wildman–Crippen MR) is 80.5 cm³/mol. The third kappa shape index (κ3) is 2.98. The van der Waals surface area contributed by atoms with Crippen molar-refractivity contribution in [3.05, 3.63) is 32.2 Å². The van der Waals surface area contributed by atoms with Gasteiger partial charge in [0.2, 0.25) is 0 Å². The number of aliphatic hydroxyl groups excluding tert-OH is 1. The summed E-state index contributed by atoms with van der Waals surface area (Å²) < 4.78 is 23.8. The molecule has 0 aliphatic rings. The lowest BCUT2D eigenvalue weighted by molar-refractivity contribution is 0.138. The minimum Gasteiger partial charge on any atom is -0.387 e. The highest BCUT2D eigenvalue weighted by molar-refractivity contribution is 9.11. The van der Waals surface area contributed by atoms with Crippen molar-refractivity contribution in [1.29, 1.82) is 0 Å². The number of benzene rings is 1. The molecule has 3 nitrogen and oxygen atoms in total. The number of halogens is 2. The standard InChI is InChI=1S/C12H16Br2O3S/c1-7-5-10(14)8(6-9(7)13)11(15)12(2,3)18(4,16)17/h5-6,11,15H,1-4H3. The van der Waals surface area contributed by atoms with Gasteiger partial charge in [-0.2, -0.15) is 0 Å². The molecule has 0 amide bonds. The van der Waals surface area contributed by atoms with Crippen molar-refractivity contribution in [3.8, 4) is 0 Å². The van der Waals surface area contributed by atoms with Gasteiger partial charge >= 0.3 is 0 Å². The molecule has 0 saturated carbocycles. The maximum atomic E-state index is 11.7. The molecule has 1 unspecified atom stereocenters. The molecule has 1 rings (SSSR count). The Morgan fingerprint density at radius 2 is 1.72 bits per heavy atom. The molecule has 102 valence electrons. The van der Waals surface area contributed by atoms with E-state index < -0.39 is 20.7 Å². The smallest absolute Gasteiger partial charge is 0.155 e. The lowest BCUT2D eigenvalue weighted by Crippen LogP contribution is -2.38. The van der Waals surface area contributed by atoms with E-state index in [0.29, 0.717) is 10.0 Å². The Morgan fingerprint density at radius 3 is 2.17 bits per heavy atom. The van der Waals surface area contributed by atoms with Crippen LogP contribution in [0.3, 0.4) is 0 Å². The Balaban J connectivity index is 3.36. The molecule has 0 bridgehead atoms. The van der Waals surface area contributed by atoms with Gasteiger partial charge in [-0.3, -0.25) is 0 Å². The van der Waals surface area contributed by atoms with Crippen LogP contribution in [0.1, 0.15) is 31.1 Å². The van der Waals surface area contributed by atoms with E-state index in [1.807, 2.05) is 13.0 Å². The summed E-state index contributed by atoms with van der Waals surface area (Å²) in [5.41, 5.74) is 1.57. The zero-order valence-electron chi connectivity index (χ0n) is 10.7. The number of rotatable bonds is 3. The van der Waals surface area contributed by atoms with E-state index in [0.717, 1.165) is 16.3 Å². The molecular weight excluding hydrogens is 384 g/mol. The molecule has 1 atom stereocenters. The monoisotopic (exact) mass is 398 g/mol. The van der Waals surface area contributed by atoms with Crippen molar-refractivity contribution in [1.82, 2.24) is 0 Å². The van der Waals surface area contributed by atoms with Gasteiger partial charge in [0.05, 0.1) is 10.9 Å². The van der Waals surface area contributed by atoms with E-state index in [2.05, 4.69) is 31.9 Å². The van der Waals surface area contributed by atoms with E-state index in [1.165, 1.54) is 13.8 Å². The summed E-state index contributed by atoms with van der Waals surface area (Å²) in [5, 5.41) is 10.4. The van der Waals surface area contributed by atoms with Crippen LogP contribution >= 0.6 is 31.9 Å². The lowest BCUT2D eigenvalue weighted by atomic mass is 9.97. The highest BCUT2D eigenvalue weighted by Crippen LogP contribution is 2.37. The van der Waals surface area contributed by atoms with Gasteiger partial charge in [0.15, 0.2) is 9.84 Å². The van der Waals surface area contributed by atoms with Gasteiger partial charge in [0, 0.05) is 15.2 Å². The van der Waals surface area contributed by atoms with Gasteiger partial charge in [-0.05, 0) is 44.0 Å². The van der Waals surface area contributed by atoms with Gasteiger partial charge in [0.1, 0.15) is 0 Å². The Labute approximate surface area is 125 Å². The van der Waals surface area contributed by atoms with Crippen molar-refractivity contribution in [2.24, 2.45) is 0 Å². The largest absolute Gasteiger partial charge is 0.387 e. The first-order valence-electron chi connectivity index (χ1n) is 5.31. The highest BCUT2D eigenvalue weighted by atomic mass is 79.9. The molecule has 0 fully saturated rings. The molecule has 0 aliphatic carbocycles. The molecule has 0 heterocycles. The average molecular weight is 400 g/mol. The first-order valence-corrected chi connectivity index (χ1v) is 8.79. The summed E-state index contributed by atoms with van der Waals surface area (Å²) in [7, 11) is -3.38. The van der Waals surface area contributed by atoms with Crippen molar-refractivity contribution in [3.63, 3.8) is 0 Å². The molecule has 6 heteroatoms. The molecule has 1 N–H and O–H groups in total. The van der Waals surface area contributed by atoms with Crippen LogP contribution in [-0.2, 0) is 9.84 Å². The van der Waals surface area contributed by atoms with Gasteiger partial charge in [-0.15, -0.1) is 0 Å². The van der Waals surface area contributed by atoms with E-state index in [-0.39, 0.29) is 0 Å². The number of aliphatic hydroxyl groups is 1. The van der Waals surface area contributed by atoms with Gasteiger partial charge in [-0.1, -0.05) is 31.9 Å². The minimum absolute atomic E-state index is 0.558. The average Bonchev–Trinajstić information content (AvgIpc) is 2.20. The minimum atomic E-state index is -3.38. The van der Waals surface area contributed by atoms with Crippen LogP contribution in [0.15, 0.2) is 21.1 Å². The fraction of sp³-hybridized carbons (Fsp3) is 0.500. The van der Waals surface area contributed by atoms with Crippen molar-refractivity contribution in [2.45, 2.75) is 31.6 Å².